The number of hydrogen-bond donors (Lipinski definition) is 1. The van der Waals surface area contributed by atoms with Crippen molar-refractivity contribution in [1.29, 1.82) is 5.26 Å². The molecule has 1 amide bonds. The van der Waals surface area contributed by atoms with E-state index >= 15 is 0 Å². The normalized spacial score (nSPS) is 11.4. The third-order valence-corrected chi connectivity index (χ3v) is 2.87. The van der Waals surface area contributed by atoms with Gasteiger partial charge in [-0.25, -0.2) is 0 Å². The molecule has 0 heterocycles. The fourth-order valence-electron chi connectivity index (χ4n) is 1.27. The number of rotatable bonds is 3. The Hall–Kier alpha value is -1.67. The summed E-state index contributed by atoms with van der Waals surface area (Å²) in [5.41, 5.74) is 1.52. The van der Waals surface area contributed by atoms with Crippen molar-refractivity contribution in [2.75, 3.05) is 5.32 Å². The number of amides is 1. The zero-order valence-corrected chi connectivity index (χ0v) is 11.0. The van der Waals surface area contributed by atoms with Gasteiger partial charge < -0.3 is 5.32 Å². The highest BCUT2D eigenvalue weighted by Gasteiger charge is 2.23. The predicted molar refractivity (Wildman–Crippen MR) is 67.3 cm³/mol. The molecule has 88 valence electrons. The second-order valence-electron chi connectivity index (χ2n) is 3.65. The van der Waals surface area contributed by atoms with Crippen LogP contribution in [0.4, 0.5) is 5.69 Å². The van der Waals surface area contributed by atoms with Crippen molar-refractivity contribution < 1.29 is 9.59 Å². The number of hydrogen-bond acceptors (Lipinski definition) is 3. The number of benzene rings is 1. The molecule has 0 radical (unpaired) electrons. The van der Waals surface area contributed by atoms with Gasteiger partial charge in [-0.05, 0) is 47.5 Å². The summed E-state index contributed by atoms with van der Waals surface area (Å²) in [5.74, 6) is -2.33. The van der Waals surface area contributed by atoms with Gasteiger partial charge in [0.15, 0.2) is 11.7 Å². The molecule has 4 nitrogen and oxygen atoms in total. The predicted octanol–water partition coefficient (Wildman–Crippen LogP) is 2.42. The molecule has 0 bridgehead atoms. The summed E-state index contributed by atoms with van der Waals surface area (Å²) in [6, 6.07) is 7.11. The van der Waals surface area contributed by atoms with E-state index in [2.05, 4.69) is 21.2 Å². The zero-order valence-electron chi connectivity index (χ0n) is 9.45. The van der Waals surface area contributed by atoms with Crippen LogP contribution in [0.1, 0.15) is 12.5 Å². The van der Waals surface area contributed by atoms with Gasteiger partial charge >= 0.3 is 0 Å². The van der Waals surface area contributed by atoms with Gasteiger partial charge in [-0.2, -0.15) is 5.26 Å². The molecule has 0 saturated carbocycles. The number of Topliss-reactive ketones (excluding diaryl/α,β-unsaturated/α-hetero) is 1. The number of nitrogens with zero attached hydrogens (tertiary/aromatic N) is 1. The van der Waals surface area contributed by atoms with Crippen molar-refractivity contribution >= 4 is 33.3 Å². The van der Waals surface area contributed by atoms with E-state index in [-0.39, 0.29) is 0 Å². The molecule has 0 saturated heterocycles. The molecule has 1 rings (SSSR count). The molecule has 0 aliphatic rings. The van der Waals surface area contributed by atoms with Crippen LogP contribution in [0.2, 0.25) is 0 Å². The Morgan fingerprint density at radius 2 is 2.12 bits per heavy atom. The maximum Gasteiger partial charge on any atom is 0.249 e. The summed E-state index contributed by atoms with van der Waals surface area (Å²) < 4.78 is 0.705. The maximum atomic E-state index is 11.7. The highest BCUT2D eigenvalue weighted by molar-refractivity contribution is 9.10. The number of anilines is 1. The Bertz CT molecular complexity index is 506. The summed E-state index contributed by atoms with van der Waals surface area (Å²) >= 11 is 3.28. The molecule has 1 unspecified atom stereocenters. The Kier molecular flexibility index (Phi) is 4.41. The van der Waals surface area contributed by atoms with Crippen molar-refractivity contribution in [3.05, 3.63) is 28.2 Å². The highest BCUT2D eigenvalue weighted by Crippen LogP contribution is 2.23. The summed E-state index contributed by atoms with van der Waals surface area (Å²) in [7, 11) is 0. The van der Waals surface area contributed by atoms with E-state index in [1.54, 1.807) is 18.2 Å². The first kappa shape index (κ1) is 13.4. The minimum absolute atomic E-state index is 0.464. The Balaban J connectivity index is 2.92. The van der Waals surface area contributed by atoms with E-state index in [1.165, 1.54) is 6.92 Å². The lowest BCUT2D eigenvalue weighted by molar-refractivity contribution is -0.127. The van der Waals surface area contributed by atoms with Crippen LogP contribution >= 0.6 is 15.9 Å². The van der Waals surface area contributed by atoms with Crippen LogP contribution in [0.15, 0.2) is 22.7 Å². The van der Waals surface area contributed by atoms with Crippen molar-refractivity contribution in [1.82, 2.24) is 0 Å². The Morgan fingerprint density at radius 1 is 1.47 bits per heavy atom. The molecule has 0 spiro atoms. The van der Waals surface area contributed by atoms with Gasteiger partial charge in [0.1, 0.15) is 0 Å². The molecule has 0 aliphatic heterocycles. The molecule has 1 aromatic carbocycles. The second kappa shape index (κ2) is 5.60. The van der Waals surface area contributed by atoms with Gasteiger partial charge in [0.2, 0.25) is 5.91 Å². The third-order valence-electron chi connectivity index (χ3n) is 2.18. The minimum Gasteiger partial charge on any atom is -0.324 e. The lowest BCUT2D eigenvalue weighted by atomic mass is 10.1. The van der Waals surface area contributed by atoms with Crippen LogP contribution in [0.5, 0.6) is 0 Å². The number of nitrogens with one attached hydrogen (secondary N) is 1. The molecular weight excluding hydrogens is 284 g/mol. The van der Waals surface area contributed by atoms with Crippen LogP contribution in [-0.2, 0) is 9.59 Å². The fraction of sp³-hybridized carbons (Fsp3) is 0.250. The van der Waals surface area contributed by atoms with Gasteiger partial charge in [-0.1, -0.05) is 6.07 Å². The first-order valence-corrected chi connectivity index (χ1v) is 5.72. The third kappa shape index (κ3) is 3.40. The maximum absolute atomic E-state index is 11.7. The van der Waals surface area contributed by atoms with E-state index in [0.29, 0.717) is 10.2 Å². The summed E-state index contributed by atoms with van der Waals surface area (Å²) in [4.78, 5) is 22.7. The van der Waals surface area contributed by atoms with Crippen molar-refractivity contribution in [2.45, 2.75) is 13.8 Å². The molecule has 1 N–H and O–H groups in total. The smallest absolute Gasteiger partial charge is 0.249 e. The van der Waals surface area contributed by atoms with Gasteiger partial charge in [0.05, 0.1) is 11.8 Å². The van der Waals surface area contributed by atoms with Crippen molar-refractivity contribution in [2.24, 2.45) is 5.92 Å². The first-order chi connectivity index (χ1) is 7.95. The molecule has 17 heavy (non-hydrogen) atoms. The topological polar surface area (TPSA) is 70.0 Å². The molecule has 0 fully saturated rings. The van der Waals surface area contributed by atoms with E-state index in [1.807, 2.05) is 13.0 Å². The van der Waals surface area contributed by atoms with Crippen molar-refractivity contribution in [3.8, 4) is 6.07 Å². The van der Waals surface area contributed by atoms with E-state index in [4.69, 9.17) is 5.26 Å². The Morgan fingerprint density at radius 3 is 2.65 bits per heavy atom. The number of carbonyl (C=O) groups excluding carboxylic acids is 2. The Labute approximate surface area is 108 Å². The average Bonchev–Trinajstić information content (AvgIpc) is 2.24. The molecule has 5 heteroatoms. The summed E-state index contributed by atoms with van der Waals surface area (Å²) in [5, 5.41) is 11.3. The molecule has 1 aromatic rings. The summed E-state index contributed by atoms with van der Waals surface area (Å²) in [6.07, 6.45) is 0. The second-order valence-corrected chi connectivity index (χ2v) is 4.50. The zero-order chi connectivity index (χ0) is 13.0. The quantitative estimate of drug-likeness (QED) is 0.871. The monoisotopic (exact) mass is 294 g/mol. The van der Waals surface area contributed by atoms with Crippen LogP contribution in [0.25, 0.3) is 0 Å². The lowest BCUT2D eigenvalue weighted by Crippen LogP contribution is -2.27. The van der Waals surface area contributed by atoms with Crippen LogP contribution in [0, 0.1) is 24.2 Å². The standard InChI is InChI=1S/C12H11BrN2O2/c1-7-3-4-10(13)11(5-7)15-12(17)9(6-14)8(2)16/h3-5,9H,1-2H3,(H,15,17). The lowest BCUT2D eigenvalue weighted by Gasteiger charge is -2.10. The number of aryl methyl sites for hydroxylation is 1. The number of ketones is 1. The van der Waals surface area contributed by atoms with Crippen molar-refractivity contribution in [3.63, 3.8) is 0 Å². The van der Waals surface area contributed by atoms with E-state index in [9.17, 15) is 9.59 Å². The first-order valence-electron chi connectivity index (χ1n) is 4.92. The van der Waals surface area contributed by atoms with Crippen LogP contribution in [0.3, 0.4) is 0 Å². The van der Waals surface area contributed by atoms with E-state index in [0.717, 1.165) is 5.56 Å². The van der Waals surface area contributed by atoms with Gasteiger partial charge in [-0.15, -0.1) is 0 Å². The minimum atomic E-state index is -1.26. The molecule has 1 atom stereocenters. The van der Waals surface area contributed by atoms with Gasteiger partial charge in [0, 0.05) is 4.47 Å². The molecule has 0 aliphatic carbocycles. The number of halogens is 1. The van der Waals surface area contributed by atoms with Gasteiger partial charge in [0.25, 0.3) is 0 Å². The highest BCUT2D eigenvalue weighted by atomic mass is 79.9. The summed E-state index contributed by atoms with van der Waals surface area (Å²) in [6.45, 7) is 3.10. The molecular formula is C12H11BrN2O2. The number of carbonyl (C=O) groups is 2. The van der Waals surface area contributed by atoms with Crippen LogP contribution in [-0.4, -0.2) is 11.7 Å². The van der Waals surface area contributed by atoms with E-state index < -0.39 is 17.6 Å². The number of nitriles is 1. The fourth-order valence-corrected chi connectivity index (χ4v) is 1.62. The van der Waals surface area contributed by atoms with Crippen LogP contribution < -0.4 is 5.32 Å². The average molecular weight is 295 g/mol. The molecule has 0 aromatic heterocycles. The SMILES string of the molecule is CC(=O)C(C#N)C(=O)Nc1cc(C)ccc1Br. The largest absolute Gasteiger partial charge is 0.324 e. The van der Waals surface area contributed by atoms with Gasteiger partial charge in [-0.3, -0.25) is 9.59 Å².